The summed E-state index contributed by atoms with van der Waals surface area (Å²) in [6.07, 6.45) is 3.78. The van der Waals surface area contributed by atoms with E-state index in [9.17, 15) is 10.1 Å². The number of nitro groups is 1. The fourth-order valence-electron chi connectivity index (χ4n) is 2.46. The third-order valence-electron chi connectivity index (χ3n) is 3.58. The van der Waals surface area contributed by atoms with Gasteiger partial charge in [-0.25, -0.2) is 4.57 Å². The van der Waals surface area contributed by atoms with Crippen molar-refractivity contribution in [2.45, 2.75) is 6.54 Å². The van der Waals surface area contributed by atoms with E-state index in [1.54, 1.807) is 19.2 Å². The topological polar surface area (TPSA) is 56.2 Å². The highest BCUT2D eigenvalue weighted by Crippen LogP contribution is 2.23. The van der Waals surface area contributed by atoms with Crippen LogP contribution in [0.25, 0.3) is 10.8 Å². The maximum Gasteiger partial charge on any atom is 0.277 e. The van der Waals surface area contributed by atoms with Crippen molar-refractivity contribution in [3.05, 3.63) is 76.6 Å². The summed E-state index contributed by atoms with van der Waals surface area (Å²) in [4.78, 5) is 10.7. The molecule has 110 valence electrons. The van der Waals surface area contributed by atoms with Gasteiger partial charge in [-0.2, -0.15) is 0 Å². The van der Waals surface area contributed by atoms with E-state index < -0.39 is 0 Å². The van der Waals surface area contributed by atoms with E-state index in [0.717, 1.165) is 16.7 Å². The number of aromatic nitrogens is 1. The minimum Gasteiger partial charge on any atom is -0.497 e. The molecule has 5 nitrogen and oxygen atoms in total. The Balaban J connectivity index is 1.93. The molecule has 0 atom stereocenters. The summed E-state index contributed by atoms with van der Waals surface area (Å²) in [5.74, 6) is 0.822. The average Bonchev–Trinajstić information content (AvgIpc) is 2.54. The lowest BCUT2D eigenvalue weighted by Crippen LogP contribution is -2.33. The van der Waals surface area contributed by atoms with E-state index in [2.05, 4.69) is 0 Å². The number of ether oxygens (including phenoxy) is 1. The van der Waals surface area contributed by atoms with Gasteiger partial charge in [-0.15, -0.1) is 0 Å². The van der Waals surface area contributed by atoms with Crippen molar-refractivity contribution in [2.24, 2.45) is 0 Å². The first-order valence-electron chi connectivity index (χ1n) is 6.86. The molecule has 0 spiro atoms. The molecule has 0 amide bonds. The average molecular weight is 295 g/mol. The summed E-state index contributed by atoms with van der Waals surface area (Å²) in [6.45, 7) is 0.697. The Labute approximate surface area is 127 Å². The van der Waals surface area contributed by atoms with Crippen LogP contribution >= 0.6 is 0 Å². The quantitative estimate of drug-likeness (QED) is 0.422. The summed E-state index contributed by atoms with van der Waals surface area (Å²) >= 11 is 0. The normalized spacial score (nSPS) is 10.6. The summed E-state index contributed by atoms with van der Waals surface area (Å²) in [5, 5.41) is 12.5. The summed E-state index contributed by atoms with van der Waals surface area (Å²) < 4.78 is 7.15. The number of pyridine rings is 1. The Morgan fingerprint density at radius 3 is 2.59 bits per heavy atom. The van der Waals surface area contributed by atoms with Gasteiger partial charge in [0.15, 0.2) is 18.9 Å². The van der Waals surface area contributed by atoms with Gasteiger partial charge in [0, 0.05) is 17.7 Å². The zero-order chi connectivity index (χ0) is 15.5. The Hall–Kier alpha value is -2.95. The number of methoxy groups -OCH3 is 1. The lowest BCUT2D eigenvalue weighted by atomic mass is 10.1. The minimum atomic E-state index is -0.351. The number of fused-ring (bicyclic) bond motifs is 1. The largest absolute Gasteiger partial charge is 0.497 e. The maximum atomic E-state index is 11.0. The Morgan fingerprint density at radius 2 is 1.91 bits per heavy atom. The highest BCUT2D eigenvalue weighted by molar-refractivity contribution is 5.89. The molecular weight excluding hydrogens is 280 g/mol. The zero-order valence-corrected chi connectivity index (χ0v) is 12.1. The van der Waals surface area contributed by atoms with Crippen LogP contribution in [0.15, 0.2) is 60.9 Å². The Kier molecular flexibility index (Phi) is 3.70. The summed E-state index contributed by atoms with van der Waals surface area (Å²) in [7, 11) is 1.64. The van der Waals surface area contributed by atoms with E-state index >= 15 is 0 Å². The molecule has 0 aliphatic heterocycles. The molecule has 0 aliphatic carbocycles. The number of benzene rings is 2. The molecule has 1 heterocycles. The van der Waals surface area contributed by atoms with Crippen LogP contribution < -0.4 is 9.30 Å². The molecule has 0 saturated carbocycles. The SMILES string of the molecule is COc1ccc(C[n+]2ccc3c([N+](=O)[O-])cccc3c2)cc1. The molecule has 0 N–H and O–H groups in total. The first-order valence-corrected chi connectivity index (χ1v) is 6.86. The monoisotopic (exact) mass is 295 g/mol. The fraction of sp³-hybridized carbons (Fsp3) is 0.118. The van der Waals surface area contributed by atoms with Crippen LogP contribution in [-0.4, -0.2) is 12.0 Å². The van der Waals surface area contributed by atoms with Crippen molar-refractivity contribution in [2.75, 3.05) is 7.11 Å². The van der Waals surface area contributed by atoms with Gasteiger partial charge in [0.1, 0.15) is 5.75 Å². The van der Waals surface area contributed by atoms with Gasteiger partial charge in [0.2, 0.25) is 0 Å². The smallest absolute Gasteiger partial charge is 0.277 e. The fourth-order valence-corrected chi connectivity index (χ4v) is 2.46. The molecule has 0 unspecified atom stereocenters. The van der Waals surface area contributed by atoms with Crippen molar-refractivity contribution in [3.63, 3.8) is 0 Å². The molecule has 0 fully saturated rings. The summed E-state index contributed by atoms with van der Waals surface area (Å²) in [6, 6.07) is 14.7. The minimum absolute atomic E-state index is 0.133. The molecule has 1 aromatic heterocycles. The standard InChI is InChI=1S/C17H15N2O3/c1-22-15-7-5-13(6-8-15)11-18-10-9-16-14(12-18)3-2-4-17(16)19(20)21/h2-10,12H,11H2,1H3/q+1. The number of non-ortho nitro benzene ring substituents is 1. The first-order chi connectivity index (χ1) is 10.7. The third-order valence-corrected chi connectivity index (χ3v) is 3.58. The van der Waals surface area contributed by atoms with Gasteiger partial charge in [-0.3, -0.25) is 10.1 Å². The second kappa shape index (κ2) is 5.81. The van der Waals surface area contributed by atoms with Gasteiger partial charge in [-0.1, -0.05) is 6.07 Å². The number of hydrogen-bond acceptors (Lipinski definition) is 3. The first kappa shape index (κ1) is 14.0. The van der Waals surface area contributed by atoms with Crippen LogP contribution in [-0.2, 0) is 6.54 Å². The van der Waals surface area contributed by atoms with Crippen molar-refractivity contribution in [1.29, 1.82) is 0 Å². The van der Waals surface area contributed by atoms with Gasteiger partial charge < -0.3 is 4.74 Å². The maximum absolute atomic E-state index is 11.0. The molecule has 0 radical (unpaired) electrons. The van der Waals surface area contributed by atoms with Crippen LogP contribution in [0.5, 0.6) is 5.75 Å². The molecular formula is C17H15N2O3+. The highest BCUT2D eigenvalue weighted by atomic mass is 16.6. The lowest BCUT2D eigenvalue weighted by Gasteiger charge is -2.02. The van der Waals surface area contributed by atoms with Gasteiger partial charge in [-0.05, 0) is 30.3 Å². The van der Waals surface area contributed by atoms with E-state index in [1.165, 1.54) is 6.07 Å². The molecule has 2 aromatic carbocycles. The van der Waals surface area contributed by atoms with E-state index in [1.807, 2.05) is 47.3 Å². The number of hydrogen-bond donors (Lipinski definition) is 0. The molecule has 3 aromatic rings. The zero-order valence-electron chi connectivity index (χ0n) is 12.1. The number of nitro benzene ring substituents is 1. The number of nitrogens with zero attached hydrogens (tertiary/aromatic N) is 2. The van der Waals surface area contributed by atoms with E-state index in [0.29, 0.717) is 11.9 Å². The predicted molar refractivity (Wildman–Crippen MR) is 82.9 cm³/mol. The van der Waals surface area contributed by atoms with Crippen molar-refractivity contribution >= 4 is 16.5 Å². The molecule has 0 saturated heterocycles. The van der Waals surface area contributed by atoms with Crippen LogP contribution in [0.1, 0.15) is 5.56 Å². The molecule has 5 heteroatoms. The van der Waals surface area contributed by atoms with Crippen LogP contribution in [0.3, 0.4) is 0 Å². The summed E-state index contributed by atoms with van der Waals surface area (Å²) in [5.41, 5.74) is 1.27. The number of rotatable bonds is 4. The molecule has 0 bridgehead atoms. The van der Waals surface area contributed by atoms with E-state index in [4.69, 9.17) is 4.74 Å². The van der Waals surface area contributed by atoms with Gasteiger partial charge in [0.25, 0.3) is 5.69 Å². The molecule has 22 heavy (non-hydrogen) atoms. The van der Waals surface area contributed by atoms with E-state index in [-0.39, 0.29) is 10.6 Å². The second-order valence-electron chi connectivity index (χ2n) is 5.00. The Bertz CT molecular complexity index is 829. The highest BCUT2D eigenvalue weighted by Gasteiger charge is 2.14. The van der Waals surface area contributed by atoms with Crippen LogP contribution in [0, 0.1) is 10.1 Å². The lowest BCUT2D eigenvalue weighted by molar-refractivity contribution is -0.687. The third kappa shape index (κ3) is 2.74. The van der Waals surface area contributed by atoms with Gasteiger partial charge >= 0.3 is 0 Å². The predicted octanol–water partition coefficient (Wildman–Crippen LogP) is 3.09. The van der Waals surface area contributed by atoms with Gasteiger partial charge in [0.05, 0.1) is 22.8 Å². The molecule has 0 aliphatic rings. The Morgan fingerprint density at radius 1 is 1.14 bits per heavy atom. The van der Waals surface area contributed by atoms with Crippen LogP contribution in [0.4, 0.5) is 5.69 Å². The van der Waals surface area contributed by atoms with Crippen LogP contribution in [0.2, 0.25) is 0 Å². The second-order valence-corrected chi connectivity index (χ2v) is 5.00. The van der Waals surface area contributed by atoms with Crippen molar-refractivity contribution in [3.8, 4) is 5.75 Å². The van der Waals surface area contributed by atoms with Crippen molar-refractivity contribution in [1.82, 2.24) is 0 Å². The van der Waals surface area contributed by atoms with Crippen molar-refractivity contribution < 1.29 is 14.2 Å². The molecule has 3 rings (SSSR count).